The Balaban J connectivity index is 1.38. The number of carbonyl (C=O) groups excluding carboxylic acids is 1. The lowest BCUT2D eigenvalue weighted by atomic mass is 10.1. The number of hydrogen-bond acceptors (Lipinski definition) is 6. The van der Waals surface area contributed by atoms with E-state index in [1.54, 1.807) is 53.5 Å². The summed E-state index contributed by atoms with van der Waals surface area (Å²) in [5.41, 5.74) is 3.15. The zero-order valence-corrected chi connectivity index (χ0v) is 19.3. The highest BCUT2D eigenvalue weighted by atomic mass is 32.1. The number of nitrogens with zero attached hydrogens (tertiary/aromatic N) is 4. The number of amides is 1. The van der Waals surface area contributed by atoms with Crippen LogP contribution in [0.4, 0.5) is 4.39 Å². The van der Waals surface area contributed by atoms with Gasteiger partial charge in [-0.2, -0.15) is 5.10 Å². The number of benzene rings is 1. The molecule has 0 aliphatic rings. The molecular formula is C25H20FN5O2S. The summed E-state index contributed by atoms with van der Waals surface area (Å²) in [5, 5.41) is 10.00. The molecule has 0 bridgehead atoms. The Morgan fingerprint density at radius 2 is 2.09 bits per heavy atom. The van der Waals surface area contributed by atoms with E-state index in [-0.39, 0.29) is 18.2 Å². The van der Waals surface area contributed by atoms with Gasteiger partial charge >= 0.3 is 0 Å². The molecule has 0 spiro atoms. The van der Waals surface area contributed by atoms with Crippen LogP contribution in [-0.4, -0.2) is 25.7 Å². The average Bonchev–Trinajstić information content (AvgIpc) is 3.48. The maximum Gasteiger partial charge on any atom is 0.252 e. The zero-order chi connectivity index (χ0) is 23.7. The van der Waals surface area contributed by atoms with Crippen molar-refractivity contribution in [3.8, 4) is 22.1 Å². The monoisotopic (exact) mass is 473 g/mol. The van der Waals surface area contributed by atoms with Crippen LogP contribution in [0.5, 0.6) is 11.5 Å². The summed E-state index contributed by atoms with van der Waals surface area (Å²) in [6.45, 7) is 2.00. The minimum absolute atomic E-state index is 0.0884. The first kappa shape index (κ1) is 21.7. The second-order valence-corrected chi connectivity index (χ2v) is 8.63. The molecule has 1 amide bonds. The average molecular weight is 474 g/mol. The molecule has 9 heteroatoms. The highest BCUT2D eigenvalue weighted by Crippen LogP contribution is 2.29. The van der Waals surface area contributed by atoms with Crippen molar-refractivity contribution in [1.29, 1.82) is 0 Å². The van der Waals surface area contributed by atoms with E-state index in [0.717, 1.165) is 10.6 Å². The van der Waals surface area contributed by atoms with Gasteiger partial charge in [0.05, 0.1) is 33.4 Å². The predicted octanol–water partition coefficient (Wildman–Crippen LogP) is 5.26. The lowest BCUT2D eigenvalue weighted by Crippen LogP contribution is -2.23. The third kappa shape index (κ3) is 4.25. The van der Waals surface area contributed by atoms with Crippen LogP contribution in [-0.2, 0) is 13.6 Å². The van der Waals surface area contributed by atoms with Crippen molar-refractivity contribution in [2.75, 3.05) is 0 Å². The molecule has 0 aliphatic carbocycles. The fourth-order valence-corrected chi connectivity index (χ4v) is 4.41. The van der Waals surface area contributed by atoms with E-state index in [2.05, 4.69) is 15.4 Å². The molecule has 170 valence electrons. The number of ether oxygens (including phenoxy) is 1. The Kier molecular flexibility index (Phi) is 5.77. The first-order valence-electron chi connectivity index (χ1n) is 10.5. The summed E-state index contributed by atoms with van der Waals surface area (Å²) < 4.78 is 21.8. The molecule has 0 fully saturated rings. The number of rotatable bonds is 6. The molecule has 0 unspecified atom stereocenters. The maximum atomic E-state index is 14.6. The minimum atomic E-state index is -0.523. The van der Waals surface area contributed by atoms with Crippen molar-refractivity contribution in [2.45, 2.75) is 13.5 Å². The summed E-state index contributed by atoms with van der Waals surface area (Å²) >= 11 is 1.55. The minimum Gasteiger partial charge on any atom is -0.453 e. The standard InChI is InChI=1S/C25H20FN5O2S/c1-15-23-18(12-20(22-6-4-10-34-22)29-24(23)31(2)30-15)25(32)28-13-16-7-8-21(19(26)11-16)33-17-5-3-9-27-14-17/h3-12,14H,13H2,1-2H3,(H,28,32). The molecule has 34 heavy (non-hydrogen) atoms. The number of pyridine rings is 2. The number of aromatic nitrogens is 4. The Morgan fingerprint density at radius 1 is 1.21 bits per heavy atom. The highest BCUT2D eigenvalue weighted by Gasteiger charge is 2.19. The van der Waals surface area contributed by atoms with Gasteiger partial charge in [-0.05, 0) is 54.3 Å². The molecule has 0 saturated carbocycles. The first-order valence-corrected chi connectivity index (χ1v) is 11.4. The van der Waals surface area contributed by atoms with E-state index in [1.807, 2.05) is 24.4 Å². The Hall–Kier alpha value is -4.11. The SMILES string of the molecule is Cc1nn(C)c2nc(-c3cccs3)cc(C(=O)NCc3ccc(Oc4cccnc4)c(F)c3)c12. The van der Waals surface area contributed by atoms with Gasteiger partial charge < -0.3 is 10.1 Å². The van der Waals surface area contributed by atoms with Crippen molar-refractivity contribution >= 4 is 28.3 Å². The predicted molar refractivity (Wildman–Crippen MR) is 128 cm³/mol. The second kappa shape index (κ2) is 9.03. The maximum absolute atomic E-state index is 14.6. The zero-order valence-electron chi connectivity index (χ0n) is 18.4. The number of nitrogens with one attached hydrogen (secondary N) is 1. The van der Waals surface area contributed by atoms with Crippen molar-refractivity contribution in [3.63, 3.8) is 0 Å². The fraction of sp³-hybridized carbons (Fsp3) is 0.120. The van der Waals surface area contributed by atoms with Crippen LogP contribution in [0, 0.1) is 12.7 Å². The molecule has 5 rings (SSSR count). The van der Waals surface area contributed by atoms with Gasteiger partial charge in [-0.15, -0.1) is 11.3 Å². The number of halogens is 1. The van der Waals surface area contributed by atoms with E-state index >= 15 is 0 Å². The summed E-state index contributed by atoms with van der Waals surface area (Å²) in [4.78, 5) is 22.8. The Labute approximate surface area is 198 Å². The molecular weight excluding hydrogens is 453 g/mol. The fourth-order valence-electron chi connectivity index (χ4n) is 3.72. The number of aryl methyl sites for hydroxylation is 2. The molecule has 0 atom stereocenters. The third-order valence-corrected chi connectivity index (χ3v) is 6.19. The third-order valence-electron chi connectivity index (χ3n) is 5.30. The van der Waals surface area contributed by atoms with Gasteiger partial charge in [0, 0.05) is 19.8 Å². The molecule has 7 nitrogen and oxygen atoms in total. The molecule has 4 heterocycles. The molecule has 0 radical (unpaired) electrons. The molecule has 1 N–H and O–H groups in total. The van der Waals surface area contributed by atoms with Crippen LogP contribution < -0.4 is 10.1 Å². The number of hydrogen-bond donors (Lipinski definition) is 1. The van der Waals surface area contributed by atoms with Crippen molar-refractivity contribution in [2.24, 2.45) is 7.05 Å². The van der Waals surface area contributed by atoms with Gasteiger partial charge in [0.1, 0.15) is 5.75 Å². The van der Waals surface area contributed by atoms with Crippen LogP contribution in [0.25, 0.3) is 21.6 Å². The lowest BCUT2D eigenvalue weighted by molar-refractivity contribution is 0.0952. The second-order valence-electron chi connectivity index (χ2n) is 7.68. The van der Waals surface area contributed by atoms with Gasteiger partial charge in [0.2, 0.25) is 0 Å². The molecule has 0 aliphatic heterocycles. The first-order chi connectivity index (χ1) is 16.5. The number of thiophene rings is 1. The smallest absolute Gasteiger partial charge is 0.252 e. The van der Waals surface area contributed by atoms with Gasteiger partial charge in [0.15, 0.2) is 17.2 Å². The van der Waals surface area contributed by atoms with E-state index in [4.69, 9.17) is 9.72 Å². The summed E-state index contributed by atoms with van der Waals surface area (Å²) in [5.74, 6) is -0.273. The van der Waals surface area contributed by atoms with Gasteiger partial charge in [0.25, 0.3) is 5.91 Å². The summed E-state index contributed by atoms with van der Waals surface area (Å²) in [6.07, 6.45) is 3.12. The molecule has 4 aromatic heterocycles. The topological polar surface area (TPSA) is 81.9 Å². The summed E-state index contributed by atoms with van der Waals surface area (Å²) in [6, 6.07) is 13.7. The largest absolute Gasteiger partial charge is 0.453 e. The highest BCUT2D eigenvalue weighted by molar-refractivity contribution is 7.13. The van der Waals surface area contributed by atoms with E-state index in [0.29, 0.717) is 33.6 Å². The van der Waals surface area contributed by atoms with Gasteiger partial charge in [-0.3, -0.25) is 14.5 Å². The summed E-state index contributed by atoms with van der Waals surface area (Å²) in [7, 11) is 1.81. The van der Waals surface area contributed by atoms with Crippen LogP contribution in [0.3, 0.4) is 0 Å². The Morgan fingerprint density at radius 3 is 2.82 bits per heavy atom. The van der Waals surface area contributed by atoms with Gasteiger partial charge in [-0.1, -0.05) is 12.1 Å². The lowest BCUT2D eigenvalue weighted by Gasteiger charge is -2.10. The van der Waals surface area contributed by atoms with E-state index in [9.17, 15) is 9.18 Å². The van der Waals surface area contributed by atoms with Crippen LogP contribution >= 0.6 is 11.3 Å². The quantitative estimate of drug-likeness (QED) is 0.364. The van der Waals surface area contributed by atoms with Crippen LogP contribution in [0.15, 0.2) is 66.3 Å². The van der Waals surface area contributed by atoms with Crippen LogP contribution in [0.1, 0.15) is 21.6 Å². The van der Waals surface area contributed by atoms with Gasteiger partial charge in [-0.25, -0.2) is 9.37 Å². The van der Waals surface area contributed by atoms with Crippen molar-refractivity contribution in [1.82, 2.24) is 25.1 Å². The number of carbonyl (C=O) groups is 1. The van der Waals surface area contributed by atoms with Crippen molar-refractivity contribution < 1.29 is 13.9 Å². The van der Waals surface area contributed by atoms with Crippen molar-refractivity contribution in [3.05, 3.63) is 88.9 Å². The molecule has 5 aromatic rings. The number of fused-ring (bicyclic) bond motifs is 1. The Bertz CT molecular complexity index is 1480. The normalized spacial score (nSPS) is 11.0. The van der Waals surface area contributed by atoms with Crippen LogP contribution in [0.2, 0.25) is 0 Å². The molecule has 0 saturated heterocycles. The van der Waals surface area contributed by atoms with E-state index < -0.39 is 5.82 Å². The molecule has 1 aromatic carbocycles. The van der Waals surface area contributed by atoms with E-state index in [1.165, 1.54) is 18.3 Å².